The van der Waals surface area contributed by atoms with Crippen LogP contribution >= 0.6 is 15.9 Å². The van der Waals surface area contributed by atoms with E-state index < -0.39 is 0 Å². The second-order valence-electron chi connectivity index (χ2n) is 5.23. The summed E-state index contributed by atoms with van der Waals surface area (Å²) in [4.78, 5) is 16.0. The monoisotopic (exact) mass is 336 g/mol. The van der Waals surface area contributed by atoms with Gasteiger partial charge in [-0.1, -0.05) is 28.1 Å². The molecule has 2 heterocycles. The molecule has 20 heavy (non-hydrogen) atoms. The number of aromatic nitrogens is 3. The summed E-state index contributed by atoms with van der Waals surface area (Å²) >= 11 is 3.47. The smallest absolute Gasteiger partial charge is 0.296 e. The number of halogens is 1. The molecule has 6 heteroatoms. The minimum absolute atomic E-state index is 0.232. The summed E-state index contributed by atoms with van der Waals surface area (Å²) in [6, 6.07) is 8.62. The molecule has 0 saturated carbocycles. The highest BCUT2D eigenvalue weighted by Gasteiger charge is 2.21. The molecule has 0 unspecified atom stereocenters. The summed E-state index contributed by atoms with van der Waals surface area (Å²) in [5.41, 5.74) is 1.19. The average Bonchev–Trinajstić information content (AvgIpc) is 2.86. The molecular weight excluding hydrogens is 320 g/mol. The van der Waals surface area contributed by atoms with Crippen molar-refractivity contribution in [3.63, 3.8) is 0 Å². The Balaban J connectivity index is 1.56. The Morgan fingerprint density at radius 3 is 2.55 bits per heavy atom. The fourth-order valence-corrected chi connectivity index (χ4v) is 3.02. The summed E-state index contributed by atoms with van der Waals surface area (Å²) in [6.45, 7) is 2.79. The number of hydrogen-bond acceptors (Lipinski definition) is 3. The van der Waals surface area contributed by atoms with E-state index in [-0.39, 0.29) is 5.69 Å². The molecule has 0 aliphatic carbocycles. The number of nitrogens with zero attached hydrogens (tertiary/aromatic N) is 2. The highest BCUT2D eigenvalue weighted by Crippen LogP contribution is 2.29. The quantitative estimate of drug-likeness (QED) is 0.903. The number of hydrogen-bond donors (Lipinski definition) is 2. The molecule has 2 N–H and O–H groups in total. The molecule has 0 amide bonds. The fourth-order valence-electron chi connectivity index (χ4n) is 2.75. The zero-order valence-electron chi connectivity index (χ0n) is 11.1. The molecule has 0 spiro atoms. The highest BCUT2D eigenvalue weighted by molar-refractivity contribution is 9.10. The van der Waals surface area contributed by atoms with Crippen molar-refractivity contribution in [1.82, 2.24) is 20.1 Å². The van der Waals surface area contributed by atoms with Gasteiger partial charge >= 0.3 is 5.69 Å². The summed E-state index contributed by atoms with van der Waals surface area (Å²) < 4.78 is 1.13. The summed E-state index contributed by atoms with van der Waals surface area (Å²) in [7, 11) is 0. The van der Waals surface area contributed by atoms with Gasteiger partial charge in [-0.3, -0.25) is 9.88 Å². The molecule has 0 radical (unpaired) electrons. The molecule has 2 aromatic rings. The predicted molar refractivity (Wildman–Crippen MR) is 80.6 cm³/mol. The number of rotatable bonds is 3. The Bertz CT molecular complexity index is 611. The topological polar surface area (TPSA) is 64.8 Å². The third kappa shape index (κ3) is 3.19. The average molecular weight is 337 g/mol. The largest absolute Gasteiger partial charge is 0.340 e. The number of likely N-dealkylation sites (tertiary alicyclic amines) is 1. The van der Waals surface area contributed by atoms with E-state index >= 15 is 0 Å². The van der Waals surface area contributed by atoms with Gasteiger partial charge in [0, 0.05) is 4.47 Å². The molecule has 1 fully saturated rings. The zero-order valence-corrected chi connectivity index (χ0v) is 12.7. The lowest BCUT2D eigenvalue weighted by molar-refractivity contribution is 0.200. The van der Waals surface area contributed by atoms with Crippen molar-refractivity contribution >= 4 is 15.9 Å². The van der Waals surface area contributed by atoms with Crippen LogP contribution in [0.2, 0.25) is 0 Å². The predicted octanol–water partition coefficient (Wildman–Crippen LogP) is 2.24. The Morgan fingerprint density at radius 1 is 1.25 bits per heavy atom. The van der Waals surface area contributed by atoms with Gasteiger partial charge in [0.05, 0.1) is 6.54 Å². The van der Waals surface area contributed by atoms with Gasteiger partial charge in [0.15, 0.2) is 0 Å². The molecule has 1 aliphatic heterocycles. The maximum absolute atomic E-state index is 11.0. The first-order valence-electron chi connectivity index (χ1n) is 6.82. The second kappa shape index (κ2) is 5.93. The first kappa shape index (κ1) is 13.6. The van der Waals surface area contributed by atoms with Gasteiger partial charge in [0.1, 0.15) is 5.82 Å². The normalized spacial score (nSPS) is 17.4. The van der Waals surface area contributed by atoms with E-state index in [0.29, 0.717) is 12.5 Å². The molecule has 1 saturated heterocycles. The van der Waals surface area contributed by atoms with E-state index in [0.717, 1.165) is 36.2 Å². The highest BCUT2D eigenvalue weighted by atomic mass is 79.9. The van der Waals surface area contributed by atoms with Crippen LogP contribution in [-0.2, 0) is 6.54 Å². The van der Waals surface area contributed by atoms with Crippen molar-refractivity contribution in [2.45, 2.75) is 25.3 Å². The van der Waals surface area contributed by atoms with Gasteiger partial charge in [0.25, 0.3) is 0 Å². The molecule has 106 valence electrons. The lowest BCUT2D eigenvalue weighted by Crippen LogP contribution is -2.32. The standard InChI is InChI=1S/C14H17BrN4O/c15-12-3-1-10(2-4-12)11-5-7-19(8-6-11)9-13-16-14(20)18-17-13/h1-4,11H,5-9H2,(H2,16,17,18,20). The van der Waals surface area contributed by atoms with Crippen LogP contribution in [-0.4, -0.2) is 33.2 Å². The van der Waals surface area contributed by atoms with Gasteiger partial charge in [-0.25, -0.2) is 9.89 Å². The van der Waals surface area contributed by atoms with E-state index in [1.807, 2.05) is 0 Å². The van der Waals surface area contributed by atoms with E-state index in [1.165, 1.54) is 5.56 Å². The van der Waals surface area contributed by atoms with E-state index in [4.69, 9.17) is 0 Å². The van der Waals surface area contributed by atoms with E-state index in [2.05, 4.69) is 60.3 Å². The van der Waals surface area contributed by atoms with Gasteiger partial charge < -0.3 is 0 Å². The number of nitrogens with one attached hydrogen (secondary N) is 2. The minimum Gasteiger partial charge on any atom is -0.296 e. The summed E-state index contributed by atoms with van der Waals surface area (Å²) in [5.74, 6) is 1.36. The van der Waals surface area contributed by atoms with Gasteiger partial charge in [-0.15, -0.1) is 0 Å². The van der Waals surface area contributed by atoms with Crippen molar-refractivity contribution in [2.24, 2.45) is 0 Å². The Morgan fingerprint density at radius 2 is 1.95 bits per heavy atom. The van der Waals surface area contributed by atoms with Crippen LogP contribution in [0, 0.1) is 0 Å². The molecule has 1 aromatic carbocycles. The van der Waals surface area contributed by atoms with Crippen LogP contribution in [0.25, 0.3) is 0 Å². The maximum Gasteiger partial charge on any atom is 0.340 e. The van der Waals surface area contributed by atoms with Crippen molar-refractivity contribution < 1.29 is 0 Å². The Kier molecular flexibility index (Phi) is 4.03. The van der Waals surface area contributed by atoms with Crippen LogP contribution in [0.4, 0.5) is 0 Å². The van der Waals surface area contributed by atoms with Crippen molar-refractivity contribution in [2.75, 3.05) is 13.1 Å². The molecule has 0 atom stereocenters. The second-order valence-corrected chi connectivity index (χ2v) is 6.14. The van der Waals surface area contributed by atoms with Crippen molar-refractivity contribution in [1.29, 1.82) is 0 Å². The molecule has 0 bridgehead atoms. The Labute approximate surface area is 125 Å². The maximum atomic E-state index is 11.0. The van der Waals surface area contributed by atoms with Crippen LogP contribution < -0.4 is 5.69 Å². The zero-order chi connectivity index (χ0) is 13.9. The van der Waals surface area contributed by atoms with Crippen LogP contribution in [0.5, 0.6) is 0 Å². The summed E-state index contributed by atoms with van der Waals surface area (Å²) in [6.07, 6.45) is 2.30. The van der Waals surface area contributed by atoms with Crippen LogP contribution in [0.1, 0.15) is 30.1 Å². The van der Waals surface area contributed by atoms with Crippen molar-refractivity contribution in [3.05, 3.63) is 50.6 Å². The number of piperidine rings is 1. The fraction of sp³-hybridized carbons (Fsp3) is 0.429. The third-order valence-electron chi connectivity index (χ3n) is 3.85. The van der Waals surface area contributed by atoms with Gasteiger partial charge in [-0.2, -0.15) is 5.10 Å². The minimum atomic E-state index is -0.232. The Hall–Kier alpha value is -1.40. The lowest BCUT2D eigenvalue weighted by atomic mass is 9.89. The third-order valence-corrected chi connectivity index (χ3v) is 4.38. The molecule has 1 aromatic heterocycles. The van der Waals surface area contributed by atoms with E-state index in [1.54, 1.807) is 0 Å². The van der Waals surface area contributed by atoms with Crippen LogP contribution in [0.3, 0.4) is 0 Å². The first-order valence-corrected chi connectivity index (χ1v) is 7.61. The molecule has 5 nitrogen and oxygen atoms in total. The molecule has 3 rings (SSSR count). The van der Waals surface area contributed by atoms with E-state index in [9.17, 15) is 4.79 Å². The van der Waals surface area contributed by atoms with Crippen molar-refractivity contribution in [3.8, 4) is 0 Å². The molecule has 1 aliphatic rings. The summed E-state index contributed by atoms with van der Waals surface area (Å²) in [5, 5.41) is 6.36. The lowest BCUT2D eigenvalue weighted by Gasteiger charge is -2.31. The van der Waals surface area contributed by atoms with Gasteiger partial charge in [-0.05, 0) is 49.5 Å². The molecular formula is C14H17BrN4O. The number of aromatic amines is 2. The number of H-pyrrole nitrogens is 2. The SMILES string of the molecule is O=c1[nH]nc(CN2CCC(c3ccc(Br)cc3)CC2)[nH]1. The first-order chi connectivity index (χ1) is 9.70. The van der Waals surface area contributed by atoms with Gasteiger partial charge in [0.2, 0.25) is 0 Å². The van der Waals surface area contributed by atoms with Crippen LogP contribution in [0.15, 0.2) is 33.5 Å². The number of benzene rings is 1.